The first-order valence-corrected chi connectivity index (χ1v) is 7.70. The number of carbonyl (C=O) groups is 1. The van der Waals surface area contributed by atoms with Crippen LogP contribution >= 0.6 is 0 Å². The maximum Gasteiger partial charge on any atom is 0.237 e. The van der Waals surface area contributed by atoms with Crippen molar-refractivity contribution in [1.82, 2.24) is 15.1 Å². The maximum atomic E-state index is 11.7. The Balaban J connectivity index is 4.53. The molecule has 3 N–H and O–H groups in total. The molecular formula is C15H34N4O. The highest BCUT2D eigenvalue weighted by Crippen LogP contribution is 2.12. The molecular weight excluding hydrogens is 252 g/mol. The molecule has 2 atom stereocenters. The van der Waals surface area contributed by atoms with E-state index in [9.17, 15) is 4.79 Å². The number of hydrogen-bond acceptors (Lipinski definition) is 4. The average Bonchev–Trinajstić information content (AvgIpc) is 2.35. The summed E-state index contributed by atoms with van der Waals surface area (Å²) in [5.74, 6) is -0.262. The van der Waals surface area contributed by atoms with Crippen LogP contribution in [0.25, 0.3) is 0 Å². The van der Waals surface area contributed by atoms with Gasteiger partial charge < -0.3 is 16.0 Å². The van der Waals surface area contributed by atoms with Gasteiger partial charge >= 0.3 is 0 Å². The number of nitrogens with zero attached hydrogens (tertiary/aromatic N) is 2. The van der Waals surface area contributed by atoms with Gasteiger partial charge in [-0.1, -0.05) is 13.8 Å². The predicted molar refractivity (Wildman–Crippen MR) is 85.8 cm³/mol. The molecule has 0 aliphatic carbocycles. The van der Waals surface area contributed by atoms with Crippen molar-refractivity contribution in [2.75, 3.05) is 40.3 Å². The van der Waals surface area contributed by atoms with Crippen LogP contribution in [0.5, 0.6) is 0 Å². The summed E-state index contributed by atoms with van der Waals surface area (Å²) in [5.41, 5.74) is 4.96. The van der Waals surface area contributed by atoms with E-state index in [1.165, 1.54) is 0 Å². The Hall–Kier alpha value is -0.650. The Labute approximate surface area is 124 Å². The molecule has 20 heavy (non-hydrogen) atoms. The van der Waals surface area contributed by atoms with E-state index in [4.69, 9.17) is 5.73 Å². The molecule has 0 fully saturated rings. The third kappa shape index (κ3) is 6.68. The first kappa shape index (κ1) is 19.4. The van der Waals surface area contributed by atoms with E-state index in [0.717, 1.165) is 39.0 Å². The quantitative estimate of drug-likeness (QED) is 0.592. The highest BCUT2D eigenvalue weighted by atomic mass is 16.1. The van der Waals surface area contributed by atoms with Crippen molar-refractivity contribution in [2.24, 2.45) is 5.73 Å². The molecule has 0 bridgehead atoms. The smallest absolute Gasteiger partial charge is 0.237 e. The molecule has 0 heterocycles. The van der Waals surface area contributed by atoms with Gasteiger partial charge in [0.1, 0.15) is 0 Å². The lowest BCUT2D eigenvalue weighted by Gasteiger charge is -2.34. The molecule has 120 valence electrons. The van der Waals surface area contributed by atoms with Crippen molar-refractivity contribution in [3.05, 3.63) is 0 Å². The van der Waals surface area contributed by atoms with E-state index in [1.54, 1.807) is 0 Å². The summed E-state index contributed by atoms with van der Waals surface area (Å²) in [5, 5.41) is 3.29. The second kappa shape index (κ2) is 9.32. The molecule has 0 aliphatic heterocycles. The molecule has 1 amide bonds. The Kier molecular flexibility index (Phi) is 9.01. The van der Waals surface area contributed by atoms with E-state index in [2.05, 4.69) is 50.0 Å². The second-order valence-corrected chi connectivity index (χ2v) is 6.11. The van der Waals surface area contributed by atoms with Gasteiger partial charge in [-0.15, -0.1) is 0 Å². The van der Waals surface area contributed by atoms with E-state index < -0.39 is 5.54 Å². The third-order valence-corrected chi connectivity index (χ3v) is 3.87. The predicted octanol–water partition coefficient (Wildman–Crippen LogP) is 0.892. The molecule has 0 spiro atoms. The van der Waals surface area contributed by atoms with Crippen LogP contribution in [0.1, 0.15) is 40.5 Å². The number of nitrogens with two attached hydrogens (primary N) is 1. The van der Waals surface area contributed by atoms with Gasteiger partial charge in [-0.05, 0) is 53.9 Å². The lowest BCUT2D eigenvalue weighted by Crippen LogP contribution is -2.55. The van der Waals surface area contributed by atoms with Crippen molar-refractivity contribution in [3.63, 3.8) is 0 Å². The normalized spacial score (nSPS) is 16.4. The minimum Gasteiger partial charge on any atom is -0.368 e. The molecule has 2 unspecified atom stereocenters. The molecule has 0 rings (SSSR count). The number of hydrogen-bond donors (Lipinski definition) is 2. The third-order valence-electron chi connectivity index (χ3n) is 3.87. The lowest BCUT2D eigenvalue weighted by atomic mass is 9.96. The molecule has 0 aromatic carbocycles. The Morgan fingerprint density at radius 1 is 1.35 bits per heavy atom. The average molecular weight is 286 g/mol. The van der Waals surface area contributed by atoms with Gasteiger partial charge in [0.2, 0.25) is 5.91 Å². The minimum absolute atomic E-state index is 0.262. The zero-order chi connectivity index (χ0) is 15.8. The van der Waals surface area contributed by atoms with Crippen LogP contribution in [-0.2, 0) is 4.79 Å². The van der Waals surface area contributed by atoms with E-state index in [0.29, 0.717) is 6.04 Å². The van der Waals surface area contributed by atoms with Gasteiger partial charge in [-0.3, -0.25) is 9.69 Å². The van der Waals surface area contributed by atoms with Crippen LogP contribution in [0.2, 0.25) is 0 Å². The number of carbonyl (C=O) groups excluding carboxylic acids is 1. The van der Waals surface area contributed by atoms with Crippen LogP contribution in [0.3, 0.4) is 0 Å². The fraction of sp³-hybridized carbons (Fsp3) is 0.933. The largest absolute Gasteiger partial charge is 0.368 e. The molecule has 0 aromatic rings. The van der Waals surface area contributed by atoms with Crippen LogP contribution in [0, 0.1) is 0 Å². The summed E-state index contributed by atoms with van der Waals surface area (Å²) in [4.78, 5) is 16.3. The van der Waals surface area contributed by atoms with Gasteiger partial charge in [0, 0.05) is 19.1 Å². The number of nitrogens with one attached hydrogen (secondary N) is 1. The highest BCUT2D eigenvalue weighted by molar-refractivity contribution is 5.84. The van der Waals surface area contributed by atoms with Crippen LogP contribution in [0.4, 0.5) is 0 Å². The zero-order valence-electron chi connectivity index (χ0n) is 14.2. The fourth-order valence-corrected chi connectivity index (χ4v) is 2.40. The summed E-state index contributed by atoms with van der Waals surface area (Å²) in [6.45, 7) is 12.1. The van der Waals surface area contributed by atoms with Crippen LogP contribution < -0.4 is 11.1 Å². The lowest BCUT2D eigenvalue weighted by molar-refractivity contribution is -0.124. The Morgan fingerprint density at radius 3 is 2.35 bits per heavy atom. The van der Waals surface area contributed by atoms with Crippen LogP contribution in [0.15, 0.2) is 0 Å². The molecule has 0 aliphatic rings. The van der Waals surface area contributed by atoms with Crippen molar-refractivity contribution < 1.29 is 4.79 Å². The van der Waals surface area contributed by atoms with Crippen molar-refractivity contribution in [2.45, 2.75) is 52.1 Å². The van der Waals surface area contributed by atoms with Crippen LogP contribution in [-0.4, -0.2) is 67.6 Å². The molecule has 0 aromatic heterocycles. The Morgan fingerprint density at radius 2 is 1.95 bits per heavy atom. The minimum atomic E-state index is -0.610. The fourth-order valence-electron chi connectivity index (χ4n) is 2.40. The van der Waals surface area contributed by atoms with Crippen molar-refractivity contribution >= 4 is 5.91 Å². The molecule has 0 saturated heterocycles. The number of rotatable bonds is 11. The van der Waals surface area contributed by atoms with E-state index >= 15 is 0 Å². The van der Waals surface area contributed by atoms with E-state index in [-0.39, 0.29) is 5.91 Å². The Bertz CT molecular complexity index is 283. The SMILES string of the molecule is CCCNC(C)(CCN(CC)C(C)CN(C)C)C(N)=O. The van der Waals surface area contributed by atoms with Crippen molar-refractivity contribution in [1.29, 1.82) is 0 Å². The van der Waals surface area contributed by atoms with Gasteiger partial charge in [0.05, 0.1) is 5.54 Å². The zero-order valence-corrected chi connectivity index (χ0v) is 14.2. The second-order valence-electron chi connectivity index (χ2n) is 6.11. The monoisotopic (exact) mass is 286 g/mol. The van der Waals surface area contributed by atoms with Gasteiger partial charge in [-0.2, -0.15) is 0 Å². The number of likely N-dealkylation sites (N-methyl/N-ethyl adjacent to an activating group) is 2. The standard InChI is InChI=1S/C15H34N4O/c1-7-10-17-15(4,14(16)20)9-11-19(8-2)13(3)12-18(5)6/h13,17H,7-12H2,1-6H3,(H2,16,20). The number of amides is 1. The molecule has 0 saturated carbocycles. The van der Waals surface area contributed by atoms with E-state index in [1.807, 2.05) is 6.92 Å². The summed E-state index contributed by atoms with van der Waals surface area (Å²) < 4.78 is 0. The van der Waals surface area contributed by atoms with Crippen molar-refractivity contribution in [3.8, 4) is 0 Å². The summed E-state index contributed by atoms with van der Waals surface area (Å²) >= 11 is 0. The van der Waals surface area contributed by atoms with Gasteiger partial charge in [0.15, 0.2) is 0 Å². The molecule has 0 radical (unpaired) electrons. The topological polar surface area (TPSA) is 61.6 Å². The molecule has 5 heteroatoms. The van der Waals surface area contributed by atoms with Gasteiger partial charge in [0.25, 0.3) is 0 Å². The molecule has 5 nitrogen and oxygen atoms in total. The summed E-state index contributed by atoms with van der Waals surface area (Å²) in [7, 11) is 4.17. The maximum absolute atomic E-state index is 11.7. The summed E-state index contributed by atoms with van der Waals surface area (Å²) in [6, 6.07) is 0.471. The highest BCUT2D eigenvalue weighted by Gasteiger charge is 2.30. The number of primary amides is 1. The first-order chi connectivity index (χ1) is 9.26. The van der Waals surface area contributed by atoms with Gasteiger partial charge in [-0.25, -0.2) is 0 Å². The summed E-state index contributed by atoms with van der Waals surface area (Å²) in [6.07, 6.45) is 1.74. The first-order valence-electron chi connectivity index (χ1n) is 7.70.